The van der Waals surface area contributed by atoms with Crippen molar-refractivity contribution in [3.8, 4) is 0 Å². The fraction of sp³-hybridized carbons (Fsp3) is 0.692. The lowest BCUT2D eigenvalue weighted by Crippen LogP contribution is -2.30. The van der Waals surface area contributed by atoms with E-state index in [0.717, 1.165) is 37.1 Å². The first-order valence-corrected chi connectivity index (χ1v) is 8.06. The Bertz CT molecular complexity index is 366. The van der Waals surface area contributed by atoms with E-state index in [1.807, 2.05) is 0 Å². The first-order chi connectivity index (χ1) is 8.70. The van der Waals surface area contributed by atoms with E-state index in [0.29, 0.717) is 5.92 Å². The molecular weight excluding hydrogens is 314 g/mol. The minimum atomic E-state index is 0.00639. The maximum Gasteiger partial charge on any atom is 0.107 e. The first-order valence-electron chi connectivity index (χ1n) is 6.39. The molecule has 3 unspecified atom stereocenters. The highest BCUT2D eigenvalue weighted by Gasteiger charge is 2.24. The second-order valence-corrected chi connectivity index (χ2v) is 6.58. The van der Waals surface area contributed by atoms with Gasteiger partial charge in [0.1, 0.15) is 6.10 Å². The molecule has 2 rings (SSSR count). The summed E-state index contributed by atoms with van der Waals surface area (Å²) in [6, 6.07) is 2.16. The standard InChI is InChI=1S/C13H20BrNO2S/c1-2-11(15)13(12-5-10(14)8-18-12)17-7-9-3-4-16-6-9/h5,8-9,11,13H,2-4,6-7,15H2,1H3. The predicted molar refractivity (Wildman–Crippen MR) is 77.9 cm³/mol. The molecule has 1 aromatic rings. The third kappa shape index (κ3) is 3.78. The summed E-state index contributed by atoms with van der Waals surface area (Å²) in [5.41, 5.74) is 6.18. The highest BCUT2D eigenvalue weighted by atomic mass is 79.9. The molecule has 0 amide bonds. The van der Waals surface area contributed by atoms with Crippen molar-refractivity contribution in [2.75, 3.05) is 19.8 Å². The zero-order valence-electron chi connectivity index (χ0n) is 10.6. The van der Waals surface area contributed by atoms with Gasteiger partial charge in [0, 0.05) is 33.3 Å². The average Bonchev–Trinajstić information content (AvgIpc) is 3.01. The van der Waals surface area contributed by atoms with Gasteiger partial charge in [-0.3, -0.25) is 0 Å². The fourth-order valence-electron chi connectivity index (χ4n) is 2.06. The van der Waals surface area contributed by atoms with Crippen molar-refractivity contribution in [3.05, 3.63) is 20.8 Å². The second-order valence-electron chi connectivity index (χ2n) is 4.72. The van der Waals surface area contributed by atoms with Crippen molar-refractivity contribution < 1.29 is 9.47 Å². The summed E-state index contributed by atoms with van der Waals surface area (Å²) in [5.74, 6) is 0.528. The van der Waals surface area contributed by atoms with Gasteiger partial charge in [0.25, 0.3) is 0 Å². The van der Waals surface area contributed by atoms with Gasteiger partial charge in [-0.15, -0.1) is 11.3 Å². The number of hydrogen-bond donors (Lipinski definition) is 1. The molecule has 3 nitrogen and oxygen atoms in total. The van der Waals surface area contributed by atoms with E-state index in [4.69, 9.17) is 15.2 Å². The molecule has 18 heavy (non-hydrogen) atoms. The van der Waals surface area contributed by atoms with Crippen LogP contribution in [-0.4, -0.2) is 25.9 Å². The van der Waals surface area contributed by atoms with Crippen molar-refractivity contribution in [1.82, 2.24) is 0 Å². The van der Waals surface area contributed by atoms with E-state index in [1.54, 1.807) is 11.3 Å². The summed E-state index contributed by atoms with van der Waals surface area (Å²) in [6.07, 6.45) is 2.02. The lowest BCUT2D eigenvalue weighted by atomic mass is 10.1. The maximum absolute atomic E-state index is 6.18. The normalized spacial score (nSPS) is 23.2. The molecule has 0 bridgehead atoms. The molecule has 0 spiro atoms. The molecule has 1 aliphatic rings. The van der Waals surface area contributed by atoms with E-state index >= 15 is 0 Å². The molecule has 2 N–H and O–H groups in total. The van der Waals surface area contributed by atoms with E-state index < -0.39 is 0 Å². The van der Waals surface area contributed by atoms with Crippen molar-refractivity contribution in [3.63, 3.8) is 0 Å². The quantitative estimate of drug-likeness (QED) is 0.868. The smallest absolute Gasteiger partial charge is 0.107 e. The van der Waals surface area contributed by atoms with Crippen molar-refractivity contribution in [2.24, 2.45) is 11.7 Å². The number of nitrogens with two attached hydrogens (primary N) is 1. The highest BCUT2D eigenvalue weighted by molar-refractivity contribution is 9.10. The molecule has 3 atom stereocenters. The molecule has 1 saturated heterocycles. The molecule has 5 heteroatoms. The Morgan fingerprint density at radius 3 is 3.06 bits per heavy atom. The molecule has 2 heterocycles. The van der Waals surface area contributed by atoms with Gasteiger partial charge in [0.05, 0.1) is 13.2 Å². The van der Waals surface area contributed by atoms with Crippen LogP contribution in [0.15, 0.2) is 15.9 Å². The zero-order valence-corrected chi connectivity index (χ0v) is 13.0. The van der Waals surface area contributed by atoms with Crippen LogP contribution >= 0.6 is 27.3 Å². The Morgan fingerprint density at radius 1 is 1.67 bits per heavy atom. The predicted octanol–water partition coefficient (Wildman–Crippen LogP) is 3.34. The largest absolute Gasteiger partial charge is 0.381 e. The molecule has 1 fully saturated rings. The third-order valence-electron chi connectivity index (χ3n) is 3.26. The summed E-state index contributed by atoms with van der Waals surface area (Å²) in [6.45, 7) is 4.53. The molecule has 1 aliphatic heterocycles. The van der Waals surface area contributed by atoms with Gasteiger partial charge in [-0.2, -0.15) is 0 Å². The molecular formula is C13H20BrNO2S. The van der Waals surface area contributed by atoms with Crippen LogP contribution in [0.5, 0.6) is 0 Å². The number of ether oxygens (including phenoxy) is 2. The summed E-state index contributed by atoms with van der Waals surface area (Å²) < 4.78 is 12.5. The maximum atomic E-state index is 6.18. The van der Waals surface area contributed by atoms with Crippen LogP contribution < -0.4 is 5.73 Å². The van der Waals surface area contributed by atoms with E-state index in [1.165, 1.54) is 4.88 Å². The summed E-state index contributed by atoms with van der Waals surface area (Å²) in [5, 5.41) is 2.08. The average molecular weight is 334 g/mol. The van der Waals surface area contributed by atoms with Crippen LogP contribution in [0.3, 0.4) is 0 Å². The minimum absolute atomic E-state index is 0.00639. The van der Waals surface area contributed by atoms with Crippen molar-refractivity contribution in [2.45, 2.75) is 31.9 Å². The van der Waals surface area contributed by atoms with Gasteiger partial charge >= 0.3 is 0 Å². The highest BCUT2D eigenvalue weighted by Crippen LogP contribution is 2.31. The monoisotopic (exact) mass is 333 g/mol. The van der Waals surface area contributed by atoms with Crippen LogP contribution in [-0.2, 0) is 9.47 Å². The SMILES string of the molecule is CCC(N)C(OCC1CCOC1)c1cc(Br)cs1. The first kappa shape index (κ1) is 14.5. The molecule has 0 radical (unpaired) electrons. The van der Waals surface area contributed by atoms with Gasteiger partial charge in [-0.05, 0) is 34.8 Å². The number of halogens is 1. The van der Waals surface area contributed by atoms with Crippen LogP contribution in [0.2, 0.25) is 0 Å². The number of rotatable bonds is 6. The van der Waals surface area contributed by atoms with Crippen LogP contribution in [0.25, 0.3) is 0 Å². The van der Waals surface area contributed by atoms with Crippen LogP contribution in [0.4, 0.5) is 0 Å². The van der Waals surface area contributed by atoms with Crippen molar-refractivity contribution >= 4 is 27.3 Å². The van der Waals surface area contributed by atoms with Gasteiger partial charge in [0.2, 0.25) is 0 Å². The summed E-state index contributed by atoms with van der Waals surface area (Å²) in [7, 11) is 0. The van der Waals surface area contributed by atoms with E-state index in [2.05, 4.69) is 34.3 Å². The van der Waals surface area contributed by atoms with Crippen LogP contribution in [0, 0.1) is 5.92 Å². The minimum Gasteiger partial charge on any atom is -0.381 e. The van der Waals surface area contributed by atoms with Gasteiger partial charge < -0.3 is 15.2 Å². The van der Waals surface area contributed by atoms with Gasteiger partial charge in [0.15, 0.2) is 0 Å². The van der Waals surface area contributed by atoms with Crippen LogP contribution in [0.1, 0.15) is 30.7 Å². The zero-order chi connectivity index (χ0) is 13.0. The topological polar surface area (TPSA) is 44.5 Å². The Labute approximate surface area is 121 Å². The molecule has 0 aromatic carbocycles. The number of thiophene rings is 1. The van der Waals surface area contributed by atoms with Crippen molar-refractivity contribution in [1.29, 1.82) is 0 Å². The summed E-state index contributed by atoms with van der Waals surface area (Å²) >= 11 is 5.18. The van der Waals surface area contributed by atoms with E-state index in [-0.39, 0.29) is 12.1 Å². The molecule has 102 valence electrons. The number of hydrogen-bond acceptors (Lipinski definition) is 4. The Hall–Kier alpha value is 0.0600. The van der Waals surface area contributed by atoms with Gasteiger partial charge in [-0.1, -0.05) is 6.92 Å². The molecule has 0 aliphatic carbocycles. The van der Waals surface area contributed by atoms with Gasteiger partial charge in [-0.25, -0.2) is 0 Å². The fourth-order valence-corrected chi connectivity index (χ4v) is 3.63. The third-order valence-corrected chi connectivity index (χ3v) is 5.02. The Balaban J connectivity index is 1.96. The summed E-state index contributed by atoms with van der Waals surface area (Å²) in [4.78, 5) is 1.20. The Kier molecular flexibility index (Phi) is 5.63. The second kappa shape index (κ2) is 7.01. The molecule has 0 saturated carbocycles. The lowest BCUT2D eigenvalue weighted by Gasteiger charge is -2.23. The lowest BCUT2D eigenvalue weighted by molar-refractivity contribution is 0.0115. The molecule has 1 aromatic heterocycles. The Morgan fingerprint density at radius 2 is 2.50 bits per heavy atom. The van der Waals surface area contributed by atoms with E-state index in [9.17, 15) is 0 Å².